The number of benzene rings is 1. The van der Waals surface area contributed by atoms with Gasteiger partial charge in [0.25, 0.3) is 0 Å². The van der Waals surface area contributed by atoms with Crippen molar-refractivity contribution in [3.05, 3.63) is 46.2 Å². The Labute approximate surface area is 135 Å². The van der Waals surface area contributed by atoms with Gasteiger partial charge in [-0.3, -0.25) is 4.68 Å². The summed E-state index contributed by atoms with van der Waals surface area (Å²) in [5.41, 5.74) is 3.38. The van der Waals surface area contributed by atoms with Crippen molar-refractivity contribution in [2.75, 3.05) is 5.32 Å². The molecule has 2 aromatic rings. The topological polar surface area (TPSA) is 59.0 Å². The van der Waals surface area contributed by atoms with Gasteiger partial charge < -0.3 is 10.6 Å². The number of aromatic nitrogens is 2. The molecule has 1 heterocycles. The van der Waals surface area contributed by atoms with Gasteiger partial charge in [0, 0.05) is 17.6 Å². The minimum atomic E-state index is -0.269. The Bertz CT molecular complexity index is 679. The Balaban J connectivity index is 2.02. The first-order chi connectivity index (χ1) is 10.4. The lowest BCUT2D eigenvalue weighted by molar-refractivity contribution is 0.251. The molecule has 22 heavy (non-hydrogen) atoms. The fourth-order valence-corrected chi connectivity index (χ4v) is 2.52. The van der Waals surface area contributed by atoms with E-state index in [9.17, 15) is 4.79 Å². The number of halogens is 1. The van der Waals surface area contributed by atoms with Crippen molar-refractivity contribution >= 4 is 23.3 Å². The minimum absolute atomic E-state index is 0.250. The first-order valence-corrected chi connectivity index (χ1v) is 7.62. The zero-order chi connectivity index (χ0) is 16.3. The van der Waals surface area contributed by atoms with Gasteiger partial charge in [-0.15, -0.1) is 0 Å². The van der Waals surface area contributed by atoms with Gasteiger partial charge in [0.15, 0.2) is 0 Å². The summed E-state index contributed by atoms with van der Waals surface area (Å²) in [6, 6.07) is 7.42. The van der Waals surface area contributed by atoms with Crippen molar-refractivity contribution in [3.63, 3.8) is 0 Å². The highest BCUT2D eigenvalue weighted by atomic mass is 35.5. The number of hydrogen-bond acceptors (Lipinski definition) is 2. The van der Waals surface area contributed by atoms with Crippen molar-refractivity contribution in [1.82, 2.24) is 15.1 Å². The van der Waals surface area contributed by atoms with Crippen molar-refractivity contribution < 1.29 is 4.79 Å². The van der Waals surface area contributed by atoms with Crippen molar-refractivity contribution in [3.8, 4) is 0 Å². The molecule has 0 fully saturated rings. The van der Waals surface area contributed by atoms with Crippen molar-refractivity contribution in [2.24, 2.45) is 0 Å². The molecule has 2 N–H and O–H groups in total. The predicted octanol–water partition coefficient (Wildman–Crippen LogP) is 4.06. The Kier molecular flexibility index (Phi) is 5.08. The second-order valence-electron chi connectivity index (χ2n) is 5.48. The van der Waals surface area contributed by atoms with Gasteiger partial charge in [-0.25, -0.2) is 4.79 Å². The molecule has 6 heteroatoms. The number of anilines is 1. The van der Waals surface area contributed by atoms with E-state index in [-0.39, 0.29) is 12.1 Å². The van der Waals surface area contributed by atoms with E-state index >= 15 is 0 Å². The Hall–Kier alpha value is -2.01. The smallest absolute Gasteiger partial charge is 0.319 e. The highest BCUT2D eigenvalue weighted by Gasteiger charge is 2.15. The third-order valence-electron chi connectivity index (χ3n) is 3.45. The molecular weight excluding hydrogens is 300 g/mol. The second-order valence-corrected chi connectivity index (χ2v) is 5.89. The van der Waals surface area contributed by atoms with E-state index in [1.165, 1.54) is 0 Å². The molecule has 118 valence electrons. The zero-order valence-electron chi connectivity index (χ0n) is 13.3. The lowest BCUT2D eigenvalue weighted by atomic mass is 10.2. The average molecular weight is 321 g/mol. The first-order valence-electron chi connectivity index (χ1n) is 7.24. The van der Waals surface area contributed by atoms with Crippen LogP contribution in [0, 0.1) is 13.8 Å². The average Bonchev–Trinajstić information content (AvgIpc) is 2.75. The number of carbonyl (C=O) groups excluding carboxylic acids is 1. The van der Waals surface area contributed by atoms with Crippen molar-refractivity contribution in [1.29, 1.82) is 0 Å². The number of amides is 2. The standard InChI is InChI=1S/C16H21ClN4O/c1-10(2)21-12(4)15(11(3)20-21)19-16(22)18-9-13-7-5-6-8-14(13)17/h5-8,10H,9H2,1-4H3,(H2,18,19,22). The summed E-state index contributed by atoms with van der Waals surface area (Å²) in [5, 5.41) is 10.8. The molecule has 0 aliphatic heterocycles. The predicted molar refractivity (Wildman–Crippen MR) is 89.4 cm³/mol. The third kappa shape index (κ3) is 3.60. The quantitative estimate of drug-likeness (QED) is 0.892. The van der Waals surface area contributed by atoms with Gasteiger partial charge in [0.05, 0.1) is 17.1 Å². The van der Waals surface area contributed by atoms with E-state index in [2.05, 4.69) is 29.6 Å². The van der Waals surface area contributed by atoms with E-state index in [1.807, 2.05) is 36.7 Å². The molecular formula is C16H21ClN4O. The van der Waals surface area contributed by atoms with Crippen LogP contribution in [0.2, 0.25) is 5.02 Å². The van der Waals surface area contributed by atoms with Gasteiger partial charge in [0.1, 0.15) is 0 Å². The van der Waals surface area contributed by atoms with Crippen LogP contribution in [-0.4, -0.2) is 15.8 Å². The summed E-state index contributed by atoms with van der Waals surface area (Å²) in [7, 11) is 0. The van der Waals surface area contributed by atoms with E-state index in [0.29, 0.717) is 11.6 Å². The molecule has 0 aliphatic rings. The SMILES string of the molecule is Cc1nn(C(C)C)c(C)c1NC(=O)NCc1ccccc1Cl. The summed E-state index contributed by atoms with van der Waals surface area (Å²) in [4.78, 5) is 12.1. The summed E-state index contributed by atoms with van der Waals surface area (Å²) in [5.74, 6) is 0. The van der Waals surface area contributed by atoms with Crippen LogP contribution in [0.25, 0.3) is 0 Å². The fraction of sp³-hybridized carbons (Fsp3) is 0.375. The molecule has 0 atom stereocenters. The monoisotopic (exact) mass is 320 g/mol. The molecule has 0 aliphatic carbocycles. The molecule has 5 nitrogen and oxygen atoms in total. The van der Waals surface area contributed by atoms with E-state index < -0.39 is 0 Å². The highest BCUT2D eigenvalue weighted by molar-refractivity contribution is 6.31. The third-order valence-corrected chi connectivity index (χ3v) is 3.82. The summed E-state index contributed by atoms with van der Waals surface area (Å²) >= 11 is 6.07. The van der Waals surface area contributed by atoms with Crippen LogP contribution in [0.5, 0.6) is 0 Å². The number of urea groups is 1. The second kappa shape index (κ2) is 6.83. The maximum absolute atomic E-state index is 12.1. The molecule has 0 saturated heterocycles. The lowest BCUT2D eigenvalue weighted by Gasteiger charge is -2.10. The molecule has 0 bridgehead atoms. The number of rotatable bonds is 4. The van der Waals surface area contributed by atoms with Gasteiger partial charge in [-0.05, 0) is 39.3 Å². The maximum Gasteiger partial charge on any atom is 0.319 e. The van der Waals surface area contributed by atoms with Crippen LogP contribution in [0.3, 0.4) is 0 Å². The van der Waals surface area contributed by atoms with Crippen LogP contribution in [-0.2, 0) is 6.54 Å². The number of aryl methyl sites for hydroxylation is 1. The zero-order valence-corrected chi connectivity index (χ0v) is 14.0. The molecule has 0 spiro atoms. The summed E-state index contributed by atoms with van der Waals surface area (Å²) in [6.45, 7) is 8.32. The van der Waals surface area contributed by atoms with Crippen LogP contribution in [0.4, 0.5) is 10.5 Å². The Morgan fingerprint density at radius 3 is 2.59 bits per heavy atom. The molecule has 1 aromatic heterocycles. The summed E-state index contributed by atoms with van der Waals surface area (Å²) in [6.07, 6.45) is 0. The Morgan fingerprint density at radius 1 is 1.32 bits per heavy atom. The minimum Gasteiger partial charge on any atom is -0.334 e. The van der Waals surface area contributed by atoms with Gasteiger partial charge in [-0.2, -0.15) is 5.10 Å². The van der Waals surface area contributed by atoms with E-state index in [4.69, 9.17) is 11.6 Å². The number of nitrogens with zero attached hydrogens (tertiary/aromatic N) is 2. The maximum atomic E-state index is 12.1. The van der Waals surface area contributed by atoms with Gasteiger partial charge in [-0.1, -0.05) is 29.8 Å². The fourth-order valence-electron chi connectivity index (χ4n) is 2.32. The summed E-state index contributed by atoms with van der Waals surface area (Å²) < 4.78 is 1.90. The van der Waals surface area contributed by atoms with Gasteiger partial charge >= 0.3 is 6.03 Å². The Morgan fingerprint density at radius 2 is 2.00 bits per heavy atom. The molecule has 2 amide bonds. The largest absolute Gasteiger partial charge is 0.334 e. The molecule has 2 rings (SSSR count). The normalized spacial score (nSPS) is 10.8. The first kappa shape index (κ1) is 16.4. The van der Waals surface area contributed by atoms with Crippen LogP contribution in [0.15, 0.2) is 24.3 Å². The molecule has 0 unspecified atom stereocenters. The van der Waals surface area contributed by atoms with E-state index in [0.717, 1.165) is 22.6 Å². The molecule has 0 saturated carbocycles. The van der Waals surface area contributed by atoms with E-state index in [1.54, 1.807) is 6.07 Å². The van der Waals surface area contributed by atoms with Crippen LogP contribution >= 0.6 is 11.6 Å². The number of carbonyl (C=O) groups is 1. The molecule has 0 radical (unpaired) electrons. The van der Waals surface area contributed by atoms with Crippen molar-refractivity contribution in [2.45, 2.75) is 40.3 Å². The number of hydrogen-bond donors (Lipinski definition) is 2. The van der Waals surface area contributed by atoms with Crippen LogP contribution in [0.1, 0.15) is 36.8 Å². The number of nitrogens with one attached hydrogen (secondary N) is 2. The lowest BCUT2D eigenvalue weighted by Crippen LogP contribution is -2.28. The highest BCUT2D eigenvalue weighted by Crippen LogP contribution is 2.22. The molecule has 1 aromatic carbocycles. The van der Waals surface area contributed by atoms with Crippen LogP contribution < -0.4 is 10.6 Å². The van der Waals surface area contributed by atoms with Gasteiger partial charge in [0.2, 0.25) is 0 Å².